The molecule has 1 aromatic rings. The summed E-state index contributed by atoms with van der Waals surface area (Å²) in [6.07, 6.45) is 7.07. The largest absolute Gasteiger partial charge is 0.423 e. The van der Waals surface area contributed by atoms with Crippen LogP contribution in [0.4, 0.5) is 0 Å². The molecule has 21 heavy (non-hydrogen) atoms. The number of nitrogens with zero attached hydrogens (tertiary/aromatic N) is 3. The molecule has 0 unspecified atom stereocenters. The number of ether oxygens (including phenoxy) is 1. The highest BCUT2D eigenvalue weighted by atomic mass is 16.5. The summed E-state index contributed by atoms with van der Waals surface area (Å²) in [5.74, 6) is 1.15. The van der Waals surface area contributed by atoms with Crippen LogP contribution in [0.25, 0.3) is 0 Å². The minimum Gasteiger partial charge on any atom is -0.423 e. The molecule has 1 aliphatic heterocycles. The van der Waals surface area contributed by atoms with E-state index in [2.05, 4.69) is 16.3 Å². The van der Waals surface area contributed by atoms with Gasteiger partial charge in [-0.15, -0.1) is 10.2 Å². The fraction of sp³-hybridized carbons (Fsp3) is 0.667. The van der Waals surface area contributed by atoms with Crippen molar-refractivity contribution in [1.29, 1.82) is 0 Å². The van der Waals surface area contributed by atoms with Crippen LogP contribution in [0, 0.1) is 6.92 Å². The van der Waals surface area contributed by atoms with Crippen molar-refractivity contribution in [2.75, 3.05) is 19.7 Å². The molecule has 3 rings (SSSR count). The van der Waals surface area contributed by atoms with E-state index in [9.17, 15) is 4.79 Å². The Morgan fingerprint density at radius 3 is 3.05 bits per heavy atom. The molecule has 0 spiro atoms. The Balaban J connectivity index is 1.60. The van der Waals surface area contributed by atoms with Gasteiger partial charge in [0.05, 0.1) is 13.2 Å². The summed E-state index contributed by atoms with van der Waals surface area (Å²) in [4.78, 5) is 14.3. The Labute approximate surface area is 124 Å². The Morgan fingerprint density at radius 2 is 2.33 bits per heavy atom. The van der Waals surface area contributed by atoms with E-state index in [-0.39, 0.29) is 12.0 Å². The molecule has 6 heteroatoms. The van der Waals surface area contributed by atoms with E-state index in [1.54, 1.807) is 6.92 Å². The predicted molar refractivity (Wildman–Crippen MR) is 75.5 cm³/mol. The first-order valence-electron chi connectivity index (χ1n) is 7.59. The van der Waals surface area contributed by atoms with Gasteiger partial charge in [-0.05, 0) is 25.7 Å². The van der Waals surface area contributed by atoms with Crippen LogP contribution in [-0.4, -0.2) is 40.7 Å². The molecule has 1 fully saturated rings. The number of amides is 1. The molecule has 1 atom stereocenters. The first kappa shape index (κ1) is 14.3. The van der Waals surface area contributed by atoms with E-state index >= 15 is 0 Å². The molecule has 1 aromatic heterocycles. The summed E-state index contributed by atoms with van der Waals surface area (Å²) in [5.41, 5.74) is 1.28. The van der Waals surface area contributed by atoms with Crippen molar-refractivity contribution in [3.8, 4) is 0 Å². The average molecular weight is 291 g/mol. The summed E-state index contributed by atoms with van der Waals surface area (Å²) in [6.45, 7) is 3.39. The zero-order valence-corrected chi connectivity index (χ0v) is 12.4. The second-order valence-corrected chi connectivity index (χ2v) is 5.64. The maximum Gasteiger partial charge on any atom is 0.246 e. The molecule has 0 radical (unpaired) electrons. The number of rotatable bonds is 3. The van der Waals surface area contributed by atoms with E-state index in [1.807, 2.05) is 4.90 Å². The second kappa shape index (κ2) is 6.39. The number of allylic oxidation sites excluding steroid dienone is 1. The summed E-state index contributed by atoms with van der Waals surface area (Å²) >= 11 is 0. The van der Waals surface area contributed by atoms with Gasteiger partial charge in [0.1, 0.15) is 0 Å². The monoisotopic (exact) mass is 291 g/mol. The Morgan fingerprint density at radius 1 is 1.43 bits per heavy atom. The SMILES string of the molecule is Cc1nnc([C@H]2CN(C(=O)CC3=CCCCC3)CCO2)o1. The van der Waals surface area contributed by atoms with Gasteiger partial charge in [-0.25, -0.2) is 0 Å². The molecule has 0 bridgehead atoms. The minimum atomic E-state index is -0.302. The summed E-state index contributed by atoms with van der Waals surface area (Å²) in [6, 6.07) is 0. The van der Waals surface area contributed by atoms with Gasteiger partial charge in [0.2, 0.25) is 17.7 Å². The van der Waals surface area contributed by atoms with Gasteiger partial charge < -0.3 is 14.1 Å². The molecule has 0 N–H and O–H groups in total. The molecule has 2 aliphatic rings. The van der Waals surface area contributed by atoms with Gasteiger partial charge >= 0.3 is 0 Å². The van der Waals surface area contributed by atoms with Crippen LogP contribution < -0.4 is 0 Å². The molecule has 2 heterocycles. The second-order valence-electron chi connectivity index (χ2n) is 5.64. The Bertz CT molecular complexity index is 538. The molecule has 1 aliphatic carbocycles. The molecule has 1 saturated heterocycles. The molecular formula is C15H21N3O3. The van der Waals surface area contributed by atoms with Crippen LogP contribution in [0.15, 0.2) is 16.1 Å². The first-order chi connectivity index (χ1) is 10.2. The zero-order valence-electron chi connectivity index (χ0n) is 12.4. The fourth-order valence-electron chi connectivity index (χ4n) is 2.84. The maximum atomic E-state index is 12.4. The van der Waals surface area contributed by atoms with Crippen LogP contribution in [0.2, 0.25) is 0 Å². The third-order valence-electron chi connectivity index (χ3n) is 4.00. The highest BCUT2D eigenvalue weighted by Crippen LogP contribution is 2.24. The normalized spacial score (nSPS) is 23.0. The number of aromatic nitrogens is 2. The highest BCUT2D eigenvalue weighted by Gasteiger charge is 2.29. The van der Waals surface area contributed by atoms with Crippen LogP contribution in [-0.2, 0) is 9.53 Å². The number of carbonyl (C=O) groups is 1. The lowest BCUT2D eigenvalue weighted by Gasteiger charge is -2.31. The van der Waals surface area contributed by atoms with E-state index in [4.69, 9.17) is 9.15 Å². The lowest BCUT2D eigenvalue weighted by Crippen LogP contribution is -2.42. The smallest absolute Gasteiger partial charge is 0.246 e. The van der Waals surface area contributed by atoms with Gasteiger partial charge in [0.25, 0.3) is 0 Å². The third-order valence-corrected chi connectivity index (χ3v) is 4.00. The number of hydrogen-bond donors (Lipinski definition) is 0. The summed E-state index contributed by atoms with van der Waals surface area (Å²) in [7, 11) is 0. The van der Waals surface area contributed by atoms with E-state index in [1.165, 1.54) is 18.4 Å². The van der Waals surface area contributed by atoms with Crippen molar-refractivity contribution in [3.63, 3.8) is 0 Å². The lowest BCUT2D eigenvalue weighted by atomic mass is 9.97. The molecular weight excluding hydrogens is 270 g/mol. The van der Waals surface area contributed by atoms with Crippen LogP contribution in [0.1, 0.15) is 50.0 Å². The van der Waals surface area contributed by atoms with Gasteiger partial charge in [-0.3, -0.25) is 4.79 Å². The standard InChI is InChI=1S/C15H21N3O3/c1-11-16-17-15(21-11)13-10-18(7-8-20-13)14(19)9-12-5-3-2-4-6-12/h5,13H,2-4,6-10H2,1H3/t13-/m1/s1. The lowest BCUT2D eigenvalue weighted by molar-refractivity contribution is -0.139. The van der Waals surface area contributed by atoms with Gasteiger partial charge in [-0.2, -0.15) is 0 Å². The number of aryl methyl sites for hydroxylation is 1. The number of hydrogen-bond acceptors (Lipinski definition) is 5. The summed E-state index contributed by atoms with van der Waals surface area (Å²) in [5, 5.41) is 7.80. The van der Waals surface area contributed by atoms with Crippen LogP contribution in [0.5, 0.6) is 0 Å². The number of carbonyl (C=O) groups excluding carboxylic acids is 1. The molecule has 0 saturated carbocycles. The van der Waals surface area contributed by atoms with Gasteiger partial charge in [0, 0.05) is 19.9 Å². The van der Waals surface area contributed by atoms with E-state index in [0.717, 1.165) is 12.8 Å². The van der Waals surface area contributed by atoms with Crippen molar-refractivity contribution in [3.05, 3.63) is 23.4 Å². The number of morpholine rings is 1. The molecule has 1 amide bonds. The van der Waals surface area contributed by atoms with Crippen LogP contribution in [0.3, 0.4) is 0 Å². The minimum absolute atomic E-state index is 0.174. The summed E-state index contributed by atoms with van der Waals surface area (Å²) < 4.78 is 11.0. The molecule has 114 valence electrons. The van der Waals surface area contributed by atoms with Crippen molar-refractivity contribution >= 4 is 5.91 Å². The Kier molecular flexibility index (Phi) is 4.34. The molecule has 6 nitrogen and oxygen atoms in total. The van der Waals surface area contributed by atoms with Gasteiger partial charge in [-0.1, -0.05) is 11.6 Å². The Hall–Kier alpha value is -1.69. The molecule has 0 aromatic carbocycles. The van der Waals surface area contributed by atoms with Crippen molar-refractivity contribution in [1.82, 2.24) is 15.1 Å². The van der Waals surface area contributed by atoms with Crippen molar-refractivity contribution in [2.24, 2.45) is 0 Å². The first-order valence-corrected chi connectivity index (χ1v) is 7.59. The van der Waals surface area contributed by atoms with E-state index in [0.29, 0.717) is 37.9 Å². The average Bonchev–Trinajstić information content (AvgIpc) is 2.95. The zero-order chi connectivity index (χ0) is 14.7. The van der Waals surface area contributed by atoms with Crippen molar-refractivity contribution in [2.45, 2.75) is 45.1 Å². The van der Waals surface area contributed by atoms with Gasteiger partial charge in [0.15, 0.2) is 6.10 Å². The van der Waals surface area contributed by atoms with E-state index < -0.39 is 0 Å². The van der Waals surface area contributed by atoms with Crippen molar-refractivity contribution < 1.29 is 13.9 Å². The predicted octanol–water partition coefficient (Wildman–Crippen LogP) is 2.17. The topological polar surface area (TPSA) is 68.5 Å². The highest BCUT2D eigenvalue weighted by molar-refractivity contribution is 5.78. The fourth-order valence-corrected chi connectivity index (χ4v) is 2.84. The maximum absolute atomic E-state index is 12.4. The van der Waals surface area contributed by atoms with Crippen LogP contribution >= 0.6 is 0 Å². The third kappa shape index (κ3) is 3.50. The quantitative estimate of drug-likeness (QED) is 0.798.